The van der Waals surface area contributed by atoms with Gasteiger partial charge in [0.1, 0.15) is 6.17 Å². The highest BCUT2D eigenvalue weighted by Crippen LogP contribution is 2.11. The van der Waals surface area contributed by atoms with Gasteiger partial charge in [-0.05, 0) is 29.8 Å². The zero-order valence-electron chi connectivity index (χ0n) is 14.6. The summed E-state index contributed by atoms with van der Waals surface area (Å²) in [4.78, 5) is 25.5. The van der Waals surface area contributed by atoms with Gasteiger partial charge in [-0.1, -0.05) is 76.6 Å². The van der Waals surface area contributed by atoms with Crippen molar-refractivity contribution < 1.29 is 9.59 Å². The monoisotopic (exact) mass is 422 g/mol. The first-order valence-electron chi connectivity index (χ1n) is 8.56. The summed E-state index contributed by atoms with van der Waals surface area (Å²) in [5, 5.41) is 5.96. The lowest BCUT2D eigenvalue weighted by atomic mass is 10.1. The van der Waals surface area contributed by atoms with E-state index in [0.29, 0.717) is 17.7 Å². The Morgan fingerprint density at radius 3 is 2.00 bits per heavy atom. The second-order valence-electron chi connectivity index (χ2n) is 6.01. The summed E-state index contributed by atoms with van der Waals surface area (Å²) in [6, 6.07) is 25.7. The molecule has 4 nitrogen and oxygen atoms in total. The first-order valence-corrected chi connectivity index (χ1v) is 9.36. The number of carbonyl (C=O) groups excluding carboxylic acids is 2. The Morgan fingerprint density at radius 2 is 1.37 bits per heavy atom. The van der Waals surface area contributed by atoms with Crippen molar-refractivity contribution in [1.29, 1.82) is 0 Å². The molecule has 136 valence electrons. The molecule has 27 heavy (non-hydrogen) atoms. The minimum absolute atomic E-state index is 0.183. The summed E-state index contributed by atoms with van der Waals surface area (Å²) < 4.78 is 0.887. The van der Waals surface area contributed by atoms with E-state index in [0.717, 1.165) is 10.0 Å². The van der Waals surface area contributed by atoms with Crippen molar-refractivity contribution in [2.24, 2.45) is 0 Å². The van der Waals surface area contributed by atoms with Crippen LogP contribution in [0.25, 0.3) is 0 Å². The molecule has 1 atom stereocenters. The molecule has 0 heterocycles. The van der Waals surface area contributed by atoms with E-state index < -0.39 is 6.17 Å². The third-order valence-corrected chi connectivity index (χ3v) is 4.58. The van der Waals surface area contributed by atoms with Gasteiger partial charge >= 0.3 is 0 Å². The molecule has 5 heteroatoms. The van der Waals surface area contributed by atoms with Gasteiger partial charge in [0, 0.05) is 22.1 Å². The number of halogens is 1. The van der Waals surface area contributed by atoms with Crippen LogP contribution in [-0.2, 0) is 6.54 Å². The summed E-state index contributed by atoms with van der Waals surface area (Å²) in [5.41, 5.74) is 2.06. The van der Waals surface area contributed by atoms with E-state index in [1.165, 1.54) is 0 Å². The molecule has 3 aromatic rings. The molecule has 0 aliphatic rings. The minimum Gasteiger partial charge on any atom is -0.330 e. The molecule has 0 saturated heterocycles. The number of ketones is 1. The fourth-order valence-electron chi connectivity index (χ4n) is 2.61. The fourth-order valence-corrected chi connectivity index (χ4v) is 2.87. The maximum Gasteiger partial charge on any atom is 0.252 e. The molecule has 3 rings (SSSR count). The van der Waals surface area contributed by atoms with Crippen molar-refractivity contribution in [2.45, 2.75) is 12.7 Å². The molecular weight excluding hydrogens is 404 g/mol. The summed E-state index contributed by atoms with van der Waals surface area (Å²) in [6.45, 7) is 0.463. The van der Waals surface area contributed by atoms with Gasteiger partial charge in [-0.15, -0.1) is 0 Å². The zero-order valence-corrected chi connectivity index (χ0v) is 16.1. The van der Waals surface area contributed by atoms with Crippen LogP contribution in [-0.4, -0.2) is 17.9 Å². The molecule has 0 saturated carbocycles. The van der Waals surface area contributed by atoms with Crippen molar-refractivity contribution >= 4 is 27.6 Å². The van der Waals surface area contributed by atoms with Gasteiger partial charge < -0.3 is 5.32 Å². The van der Waals surface area contributed by atoms with Crippen molar-refractivity contribution in [3.8, 4) is 0 Å². The molecule has 0 aliphatic heterocycles. The van der Waals surface area contributed by atoms with E-state index >= 15 is 0 Å². The van der Waals surface area contributed by atoms with E-state index in [4.69, 9.17) is 0 Å². The SMILES string of the molecule is O=C(NC(NCc1ccccc1)C(=O)c1ccccc1)c1ccc(Br)cc1. The summed E-state index contributed by atoms with van der Waals surface area (Å²) in [6.07, 6.45) is -0.830. The van der Waals surface area contributed by atoms with E-state index in [-0.39, 0.29) is 11.7 Å². The second-order valence-corrected chi connectivity index (χ2v) is 6.93. The Kier molecular flexibility index (Phi) is 6.52. The second kappa shape index (κ2) is 9.26. The van der Waals surface area contributed by atoms with Crippen molar-refractivity contribution in [3.63, 3.8) is 0 Å². The van der Waals surface area contributed by atoms with Crippen molar-refractivity contribution in [1.82, 2.24) is 10.6 Å². The fraction of sp³-hybridized carbons (Fsp3) is 0.0909. The molecule has 0 radical (unpaired) electrons. The average molecular weight is 423 g/mol. The normalized spacial score (nSPS) is 11.6. The molecule has 0 aliphatic carbocycles. The Hall–Kier alpha value is -2.76. The highest BCUT2D eigenvalue weighted by atomic mass is 79.9. The largest absolute Gasteiger partial charge is 0.330 e. The maximum absolute atomic E-state index is 12.9. The third-order valence-electron chi connectivity index (χ3n) is 4.06. The van der Waals surface area contributed by atoms with Gasteiger partial charge in [-0.3, -0.25) is 14.9 Å². The number of rotatable bonds is 7. The zero-order chi connectivity index (χ0) is 19.1. The van der Waals surface area contributed by atoms with Crippen LogP contribution < -0.4 is 10.6 Å². The Morgan fingerprint density at radius 1 is 0.778 bits per heavy atom. The first kappa shape index (κ1) is 19.0. The predicted molar refractivity (Wildman–Crippen MR) is 109 cm³/mol. The molecule has 0 spiro atoms. The minimum atomic E-state index is -0.830. The van der Waals surface area contributed by atoms with Crippen LogP contribution in [0, 0.1) is 0 Å². The van der Waals surface area contributed by atoms with Crippen molar-refractivity contribution in [2.75, 3.05) is 0 Å². The standard InChI is InChI=1S/C22H19BrN2O2/c23-19-13-11-18(12-14-19)22(27)25-21(20(26)17-9-5-2-6-10-17)24-15-16-7-3-1-4-8-16/h1-14,21,24H,15H2,(H,25,27). The van der Waals surface area contributed by atoms with Gasteiger partial charge in [0.2, 0.25) is 0 Å². The van der Waals surface area contributed by atoms with Gasteiger partial charge in [-0.25, -0.2) is 0 Å². The van der Waals surface area contributed by atoms with E-state index in [1.54, 1.807) is 48.5 Å². The number of hydrogen-bond acceptors (Lipinski definition) is 3. The lowest BCUT2D eigenvalue weighted by molar-refractivity contribution is 0.0837. The molecule has 3 aromatic carbocycles. The highest BCUT2D eigenvalue weighted by molar-refractivity contribution is 9.10. The van der Waals surface area contributed by atoms with Gasteiger partial charge in [0.05, 0.1) is 0 Å². The predicted octanol–water partition coefficient (Wildman–Crippen LogP) is 4.18. The Balaban J connectivity index is 1.77. The third kappa shape index (κ3) is 5.36. The molecule has 0 bridgehead atoms. The van der Waals surface area contributed by atoms with E-state index in [1.807, 2.05) is 36.4 Å². The highest BCUT2D eigenvalue weighted by Gasteiger charge is 2.22. The summed E-state index contributed by atoms with van der Waals surface area (Å²) in [5.74, 6) is -0.491. The molecule has 0 fully saturated rings. The molecule has 1 amide bonds. The number of carbonyl (C=O) groups is 2. The van der Waals surface area contributed by atoms with Gasteiger partial charge in [0.15, 0.2) is 5.78 Å². The van der Waals surface area contributed by atoms with Crippen LogP contribution in [0.5, 0.6) is 0 Å². The van der Waals surface area contributed by atoms with Gasteiger partial charge in [0.25, 0.3) is 5.91 Å². The lowest BCUT2D eigenvalue weighted by Gasteiger charge is -2.19. The quantitative estimate of drug-likeness (QED) is 0.443. The van der Waals surface area contributed by atoms with E-state index in [2.05, 4.69) is 26.6 Å². The van der Waals surface area contributed by atoms with Crippen LogP contribution in [0.1, 0.15) is 26.3 Å². The average Bonchev–Trinajstić information content (AvgIpc) is 2.72. The van der Waals surface area contributed by atoms with Crippen molar-refractivity contribution in [3.05, 3.63) is 106 Å². The van der Waals surface area contributed by atoms with Crippen LogP contribution >= 0.6 is 15.9 Å². The number of amides is 1. The van der Waals surface area contributed by atoms with E-state index in [9.17, 15) is 9.59 Å². The maximum atomic E-state index is 12.9. The molecule has 1 unspecified atom stereocenters. The lowest BCUT2D eigenvalue weighted by Crippen LogP contribution is -2.50. The number of Topliss-reactive ketones (excluding diaryl/α,β-unsaturated/α-hetero) is 1. The van der Waals surface area contributed by atoms with Crippen LogP contribution in [0.2, 0.25) is 0 Å². The first-order chi connectivity index (χ1) is 13.1. The topological polar surface area (TPSA) is 58.2 Å². The molecular formula is C22H19BrN2O2. The Labute approximate surface area is 166 Å². The smallest absolute Gasteiger partial charge is 0.252 e. The molecule has 0 aromatic heterocycles. The van der Waals surface area contributed by atoms with Crippen LogP contribution in [0.3, 0.4) is 0 Å². The van der Waals surface area contributed by atoms with Gasteiger partial charge in [-0.2, -0.15) is 0 Å². The van der Waals surface area contributed by atoms with Crippen LogP contribution in [0.15, 0.2) is 89.4 Å². The summed E-state index contributed by atoms with van der Waals surface area (Å²) >= 11 is 3.35. The number of benzene rings is 3. The summed E-state index contributed by atoms with van der Waals surface area (Å²) in [7, 11) is 0. The van der Waals surface area contributed by atoms with Crippen LogP contribution in [0.4, 0.5) is 0 Å². The number of hydrogen-bond donors (Lipinski definition) is 2. The number of nitrogens with one attached hydrogen (secondary N) is 2. The Bertz CT molecular complexity index is 897. The molecule has 2 N–H and O–H groups in total.